The van der Waals surface area contributed by atoms with Crippen molar-refractivity contribution in [3.63, 3.8) is 0 Å². The van der Waals surface area contributed by atoms with E-state index in [0.29, 0.717) is 17.7 Å². The fraction of sp³-hybridized carbons (Fsp3) is 0.833. The summed E-state index contributed by atoms with van der Waals surface area (Å²) in [5, 5.41) is 8.54. The molecule has 1 aliphatic heterocycles. The molecule has 0 aromatic carbocycles. The minimum Gasteiger partial charge on any atom is -0.341 e. The van der Waals surface area contributed by atoms with E-state index >= 15 is 0 Å². The van der Waals surface area contributed by atoms with Crippen LogP contribution in [0, 0.1) is 11.3 Å². The molecule has 4 rings (SSSR count). The van der Waals surface area contributed by atoms with Crippen LogP contribution < -0.4 is 0 Å². The monoisotopic (exact) mass is 316 g/mol. The van der Waals surface area contributed by atoms with Crippen molar-refractivity contribution in [1.82, 2.24) is 19.7 Å². The number of hydrogen-bond donors (Lipinski definition) is 0. The number of hydrogen-bond acceptors (Lipinski definition) is 3. The van der Waals surface area contributed by atoms with Gasteiger partial charge in [0.1, 0.15) is 12.2 Å². The lowest BCUT2D eigenvalue weighted by atomic mass is 9.62. The van der Waals surface area contributed by atoms with Gasteiger partial charge in [-0.1, -0.05) is 19.3 Å². The zero-order chi connectivity index (χ0) is 15.9. The highest BCUT2D eigenvalue weighted by Gasteiger charge is 2.53. The summed E-state index contributed by atoms with van der Waals surface area (Å²) in [6.45, 7) is 4.84. The van der Waals surface area contributed by atoms with E-state index in [0.717, 1.165) is 31.9 Å². The van der Waals surface area contributed by atoms with Gasteiger partial charge in [0, 0.05) is 32.0 Å². The Kier molecular flexibility index (Phi) is 3.90. The van der Waals surface area contributed by atoms with Gasteiger partial charge in [-0.15, -0.1) is 10.2 Å². The Morgan fingerprint density at radius 3 is 2.74 bits per heavy atom. The van der Waals surface area contributed by atoms with E-state index in [1.165, 1.54) is 44.9 Å². The fourth-order valence-corrected chi connectivity index (χ4v) is 5.02. The minimum atomic E-state index is 0.283. The quantitative estimate of drug-likeness (QED) is 0.858. The predicted molar refractivity (Wildman–Crippen MR) is 87.9 cm³/mol. The number of rotatable bonds is 4. The molecule has 126 valence electrons. The zero-order valence-corrected chi connectivity index (χ0v) is 14.2. The first-order chi connectivity index (χ1) is 11.2. The van der Waals surface area contributed by atoms with Crippen LogP contribution >= 0.6 is 0 Å². The van der Waals surface area contributed by atoms with Crippen molar-refractivity contribution < 1.29 is 4.79 Å². The second kappa shape index (κ2) is 5.91. The lowest BCUT2D eigenvalue weighted by Crippen LogP contribution is -2.38. The summed E-state index contributed by atoms with van der Waals surface area (Å²) in [7, 11) is 0. The molecule has 0 radical (unpaired) electrons. The van der Waals surface area contributed by atoms with Crippen LogP contribution in [0.15, 0.2) is 6.33 Å². The first kappa shape index (κ1) is 15.2. The van der Waals surface area contributed by atoms with Gasteiger partial charge in [0.25, 0.3) is 0 Å². The Labute approximate surface area is 138 Å². The number of carbonyl (C=O) groups is 1. The van der Waals surface area contributed by atoms with E-state index in [1.54, 1.807) is 0 Å². The molecule has 0 N–H and O–H groups in total. The van der Waals surface area contributed by atoms with Gasteiger partial charge in [0.15, 0.2) is 0 Å². The molecule has 5 heteroatoms. The molecule has 1 aromatic heterocycles. The molecule has 2 saturated carbocycles. The maximum atomic E-state index is 12.8. The van der Waals surface area contributed by atoms with Crippen LogP contribution in [-0.2, 0) is 11.3 Å². The Balaban J connectivity index is 1.50. The van der Waals surface area contributed by atoms with E-state index in [4.69, 9.17) is 0 Å². The Morgan fingerprint density at radius 2 is 2.09 bits per heavy atom. The molecule has 1 atom stereocenters. The molecule has 1 spiro atoms. The minimum absolute atomic E-state index is 0.283. The van der Waals surface area contributed by atoms with Crippen molar-refractivity contribution in [1.29, 1.82) is 0 Å². The number of nitrogens with zero attached hydrogens (tertiary/aromatic N) is 4. The number of amides is 1. The highest BCUT2D eigenvalue weighted by molar-refractivity contribution is 5.77. The van der Waals surface area contributed by atoms with Crippen molar-refractivity contribution in [2.45, 2.75) is 70.8 Å². The van der Waals surface area contributed by atoms with Crippen LogP contribution in [0.5, 0.6) is 0 Å². The van der Waals surface area contributed by atoms with Gasteiger partial charge in [-0.2, -0.15) is 0 Å². The molecule has 3 aliphatic rings. The van der Waals surface area contributed by atoms with Crippen molar-refractivity contribution in [2.24, 2.45) is 11.3 Å². The molecule has 2 heterocycles. The smallest absolute Gasteiger partial charge is 0.222 e. The van der Waals surface area contributed by atoms with Crippen LogP contribution in [-0.4, -0.2) is 38.7 Å². The predicted octanol–water partition coefficient (Wildman–Crippen LogP) is 2.97. The molecular weight excluding hydrogens is 288 g/mol. The maximum Gasteiger partial charge on any atom is 0.222 e. The molecule has 1 saturated heterocycles. The average molecular weight is 316 g/mol. The molecule has 3 fully saturated rings. The van der Waals surface area contributed by atoms with Crippen LogP contribution in [0.1, 0.15) is 70.0 Å². The third-order valence-electron chi connectivity index (χ3n) is 6.59. The number of carbonyl (C=O) groups excluding carboxylic acids is 1. The van der Waals surface area contributed by atoms with Gasteiger partial charge >= 0.3 is 0 Å². The maximum absolute atomic E-state index is 12.8. The van der Waals surface area contributed by atoms with E-state index in [9.17, 15) is 4.79 Å². The van der Waals surface area contributed by atoms with E-state index in [2.05, 4.69) is 26.6 Å². The molecule has 5 nitrogen and oxygen atoms in total. The van der Waals surface area contributed by atoms with Crippen LogP contribution in [0.3, 0.4) is 0 Å². The highest BCUT2D eigenvalue weighted by Crippen LogP contribution is 2.55. The van der Waals surface area contributed by atoms with Crippen molar-refractivity contribution in [3.05, 3.63) is 12.2 Å². The Hall–Kier alpha value is -1.39. The summed E-state index contributed by atoms with van der Waals surface area (Å²) in [5.41, 5.74) is 0.283. The fourth-order valence-electron chi connectivity index (χ4n) is 5.02. The first-order valence-electron chi connectivity index (χ1n) is 9.37. The molecule has 1 unspecified atom stereocenters. The Bertz CT molecular complexity index is 571. The van der Waals surface area contributed by atoms with Crippen LogP contribution in [0.2, 0.25) is 0 Å². The van der Waals surface area contributed by atoms with E-state index < -0.39 is 0 Å². The van der Waals surface area contributed by atoms with Gasteiger partial charge in [-0.25, -0.2) is 0 Å². The summed E-state index contributed by atoms with van der Waals surface area (Å²) < 4.78 is 2.16. The summed E-state index contributed by atoms with van der Waals surface area (Å²) >= 11 is 0. The van der Waals surface area contributed by atoms with E-state index in [-0.39, 0.29) is 5.41 Å². The van der Waals surface area contributed by atoms with E-state index in [1.807, 2.05) is 6.33 Å². The Morgan fingerprint density at radius 1 is 1.30 bits per heavy atom. The van der Waals surface area contributed by atoms with Crippen molar-refractivity contribution in [3.8, 4) is 0 Å². The number of likely N-dealkylation sites (tertiary alicyclic amines) is 1. The second-order valence-corrected chi connectivity index (χ2v) is 7.87. The van der Waals surface area contributed by atoms with Gasteiger partial charge in [-0.3, -0.25) is 4.79 Å². The topological polar surface area (TPSA) is 51.0 Å². The molecule has 2 aliphatic carbocycles. The van der Waals surface area contributed by atoms with Crippen molar-refractivity contribution >= 4 is 5.91 Å². The van der Waals surface area contributed by atoms with Gasteiger partial charge in [0.05, 0.1) is 0 Å². The standard InChI is InChI=1S/C18H28N4O/c1-2-21-13-19-20-17(21)15-11-22(12-18(15)8-5-9-18)16(23)10-14-6-3-4-7-14/h13-15H,2-12H2,1H3. The summed E-state index contributed by atoms with van der Waals surface area (Å²) in [4.78, 5) is 14.9. The highest BCUT2D eigenvalue weighted by atomic mass is 16.2. The first-order valence-corrected chi connectivity index (χ1v) is 9.37. The van der Waals surface area contributed by atoms with Crippen molar-refractivity contribution in [2.75, 3.05) is 13.1 Å². The number of aromatic nitrogens is 3. The molecular formula is C18H28N4O. The lowest BCUT2D eigenvalue weighted by Gasteiger charge is -2.42. The molecule has 1 amide bonds. The normalized spacial score (nSPS) is 26.8. The van der Waals surface area contributed by atoms with Gasteiger partial charge in [0.2, 0.25) is 5.91 Å². The average Bonchev–Trinajstić information content (AvgIpc) is 3.24. The third kappa shape index (κ3) is 2.58. The van der Waals surface area contributed by atoms with Gasteiger partial charge in [-0.05, 0) is 43.9 Å². The largest absolute Gasteiger partial charge is 0.341 e. The molecule has 1 aromatic rings. The molecule has 0 bridgehead atoms. The molecule has 23 heavy (non-hydrogen) atoms. The van der Waals surface area contributed by atoms with Crippen LogP contribution in [0.4, 0.5) is 0 Å². The SMILES string of the molecule is CCn1cnnc1C1CN(C(=O)CC2CCCC2)CC12CCC2. The van der Waals surface area contributed by atoms with Crippen LogP contribution in [0.25, 0.3) is 0 Å². The lowest BCUT2D eigenvalue weighted by molar-refractivity contribution is -0.131. The summed E-state index contributed by atoms with van der Waals surface area (Å²) in [6.07, 6.45) is 11.5. The second-order valence-electron chi connectivity index (χ2n) is 7.87. The number of aryl methyl sites for hydroxylation is 1. The summed E-state index contributed by atoms with van der Waals surface area (Å²) in [6, 6.07) is 0. The van der Waals surface area contributed by atoms with Gasteiger partial charge < -0.3 is 9.47 Å². The third-order valence-corrected chi connectivity index (χ3v) is 6.59. The zero-order valence-electron chi connectivity index (χ0n) is 14.2. The summed E-state index contributed by atoms with van der Waals surface area (Å²) in [5.74, 6) is 2.50.